The summed E-state index contributed by atoms with van der Waals surface area (Å²) in [6, 6.07) is 2.93. The summed E-state index contributed by atoms with van der Waals surface area (Å²) in [6.45, 7) is 0.573. The number of nitrogens with zero attached hydrogens (tertiary/aromatic N) is 3. The molecule has 8 heteroatoms. The van der Waals surface area contributed by atoms with E-state index in [1.165, 1.54) is 13.3 Å². The lowest BCUT2D eigenvalue weighted by Gasteiger charge is -2.20. The molecule has 1 aromatic rings. The molecular formula is C14H15N3O5. The van der Waals surface area contributed by atoms with Crippen LogP contribution in [-0.4, -0.2) is 65.5 Å². The zero-order chi connectivity index (χ0) is 15.7. The van der Waals surface area contributed by atoms with Gasteiger partial charge in [-0.2, -0.15) is 0 Å². The number of carbonyl (C=O) groups is 3. The van der Waals surface area contributed by atoms with Gasteiger partial charge in [-0.25, -0.2) is 14.7 Å². The van der Waals surface area contributed by atoms with E-state index in [4.69, 9.17) is 9.47 Å². The maximum Gasteiger partial charge on any atom is 0.417 e. The minimum absolute atomic E-state index is 0.183. The number of ether oxygens (including phenoxy) is 2. The van der Waals surface area contributed by atoms with Gasteiger partial charge in [-0.05, 0) is 12.5 Å². The average Bonchev–Trinajstić information content (AvgIpc) is 3.13. The Kier molecular flexibility index (Phi) is 3.66. The molecule has 0 aromatic carbocycles. The van der Waals surface area contributed by atoms with Crippen LogP contribution in [-0.2, 0) is 9.53 Å². The topological polar surface area (TPSA) is 89.0 Å². The second kappa shape index (κ2) is 5.63. The number of aromatic nitrogens is 1. The SMILES string of the molecule is COc1ccc(C(=O)N2CCC(N3C(=O)COC3=O)C2)cn1. The lowest BCUT2D eigenvalue weighted by molar-refractivity contribution is -0.127. The zero-order valence-corrected chi connectivity index (χ0v) is 12.0. The predicted molar refractivity (Wildman–Crippen MR) is 73.3 cm³/mol. The van der Waals surface area contributed by atoms with Gasteiger partial charge in [0.1, 0.15) is 0 Å². The van der Waals surface area contributed by atoms with Gasteiger partial charge in [0.2, 0.25) is 5.88 Å². The standard InChI is InChI=1S/C14H15N3O5/c1-21-11-3-2-9(6-15-11)13(19)16-5-4-10(7-16)17-12(18)8-22-14(17)20/h2-3,6,10H,4-5,7-8H2,1H3. The van der Waals surface area contributed by atoms with E-state index in [0.29, 0.717) is 31.0 Å². The Hall–Kier alpha value is -2.64. The Morgan fingerprint density at radius 2 is 2.23 bits per heavy atom. The molecule has 3 amide bonds. The van der Waals surface area contributed by atoms with Crippen molar-refractivity contribution in [2.45, 2.75) is 12.5 Å². The molecular weight excluding hydrogens is 290 g/mol. The summed E-state index contributed by atoms with van der Waals surface area (Å²) in [6.07, 6.45) is 1.37. The molecule has 3 rings (SSSR count). The molecule has 2 aliphatic heterocycles. The fourth-order valence-electron chi connectivity index (χ4n) is 2.66. The number of likely N-dealkylation sites (tertiary alicyclic amines) is 1. The van der Waals surface area contributed by atoms with Crippen LogP contribution in [0.4, 0.5) is 4.79 Å². The first kappa shape index (κ1) is 14.3. The van der Waals surface area contributed by atoms with Crippen LogP contribution in [0.25, 0.3) is 0 Å². The number of rotatable bonds is 3. The van der Waals surface area contributed by atoms with Crippen LogP contribution >= 0.6 is 0 Å². The van der Waals surface area contributed by atoms with Crippen molar-refractivity contribution < 1.29 is 23.9 Å². The van der Waals surface area contributed by atoms with Crippen LogP contribution < -0.4 is 4.74 Å². The lowest BCUT2D eigenvalue weighted by Crippen LogP contribution is -2.42. The molecule has 0 N–H and O–H groups in total. The molecule has 0 spiro atoms. The minimum Gasteiger partial charge on any atom is -0.481 e. The summed E-state index contributed by atoms with van der Waals surface area (Å²) in [7, 11) is 1.50. The van der Waals surface area contributed by atoms with E-state index in [2.05, 4.69) is 4.98 Å². The van der Waals surface area contributed by atoms with Gasteiger partial charge in [-0.15, -0.1) is 0 Å². The highest BCUT2D eigenvalue weighted by Gasteiger charge is 2.41. The van der Waals surface area contributed by atoms with E-state index in [1.807, 2.05) is 0 Å². The third-order valence-corrected chi connectivity index (χ3v) is 3.79. The van der Waals surface area contributed by atoms with Crippen molar-refractivity contribution in [2.24, 2.45) is 0 Å². The summed E-state index contributed by atoms with van der Waals surface area (Å²) in [5.41, 5.74) is 0.441. The number of hydrogen-bond acceptors (Lipinski definition) is 6. The van der Waals surface area contributed by atoms with Crippen LogP contribution in [0.2, 0.25) is 0 Å². The first-order valence-electron chi connectivity index (χ1n) is 6.88. The van der Waals surface area contributed by atoms with Gasteiger partial charge in [0, 0.05) is 25.4 Å². The summed E-state index contributed by atoms with van der Waals surface area (Å²) >= 11 is 0. The largest absolute Gasteiger partial charge is 0.481 e. The van der Waals surface area contributed by atoms with Crippen LogP contribution in [0, 0.1) is 0 Å². The smallest absolute Gasteiger partial charge is 0.417 e. The summed E-state index contributed by atoms with van der Waals surface area (Å²) in [4.78, 5) is 42.3. The molecule has 3 heterocycles. The van der Waals surface area contributed by atoms with E-state index < -0.39 is 6.09 Å². The van der Waals surface area contributed by atoms with Crippen LogP contribution in [0.1, 0.15) is 16.8 Å². The van der Waals surface area contributed by atoms with E-state index in [-0.39, 0.29) is 24.5 Å². The van der Waals surface area contributed by atoms with E-state index in [1.54, 1.807) is 17.0 Å². The van der Waals surface area contributed by atoms with E-state index in [9.17, 15) is 14.4 Å². The lowest BCUT2D eigenvalue weighted by atomic mass is 10.2. The Balaban J connectivity index is 1.67. The van der Waals surface area contributed by atoms with Gasteiger partial charge in [0.25, 0.3) is 11.8 Å². The number of cyclic esters (lactones) is 1. The van der Waals surface area contributed by atoms with Crippen LogP contribution in [0.3, 0.4) is 0 Å². The fraction of sp³-hybridized carbons (Fsp3) is 0.429. The van der Waals surface area contributed by atoms with Gasteiger partial charge in [-0.1, -0.05) is 0 Å². The summed E-state index contributed by atoms with van der Waals surface area (Å²) in [5, 5.41) is 0. The molecule has 1 aromatic heterocycles. The summed E-state index contributed by atoms with van der Waals surface area (Å²) in [5.74, 6) is -0.102. The maximum absolute atomic E-state index is 12.4. The monoisotopic (exact) mass is 305 g/mol. The Morgan fingerprint density at radius 1 is 1.41 bits per heavy atom. The average molecular weight is 305 g/mol. The quantitative estimate of drug-likeness (QED) is 0.797. The van der Waals surface area contributed by atoms with Gasteiger partial charge in [0.05, 0.1) is 18.7 Å². The number of amides is 3. The molecule has 116 valence electrons. The number of pyridine rings is 1. The molecule has 0 aliphatic carbocycles. The van der Waals surface area contributed by atoms with Crippen molar-refractivity contribution in [2.75, 3.05) is 26.8 Å². The highest BCUT2D eigenvalue weighted by atomic mass is 16.6. The van der Waals surface area contributed by atoms with Crippen molar-refractivity contribution in [3.63, 3.8) is 0 Å². The number of hydrogen-bond donors (Lipinski definition) is 0. The predicted octanol–water partition coefficient (Wildman–Crippen LogP) is 0.283. The zero-order valence-electron chi connectivity index (χ0n) is 12.0. The molecule has 0 radical (unpaired) electrons. The second-order valence-electron chi connectivity index (χ2n) is 5.10. The first-order chi connectivity index (χ1) is 10.6. The maximum atomic E-state index is 12.4. The fourth-order valence-corrected chi connectivity index (χ4v) is 2.66. The molecule has 1 atom stereocenters. The second-order valence-corrected chi connectivity index (χ2v) is 5.10. The molecule has 22 heavy (non-hydrogen) atoms. The first-order valence-corrected chi connectivity index (χ1v) is 6.88. The van der Waals surface area contributed by atoms with Crippen molar-refractivity contribution in [1.29, 1.82) is 0 Å². The normalized spacial score (nSPS) is 21.2. The van der Waals surface area contributed by atoms with Crippen LogP contribution in [0.5, 0.6) is 5.88 Å². The minimum atomic E-state index is -0.629. The third-order valence-electron chi connectivity index (χ3n) is 3.79. The van der Waals surface area contributed by atoms with Gasteiger partial charge in [0.15, 0.2) is 6.61 Å². The van der Waals surface area contributed by atoms with Crippen molar-refractivity contribution in [1.82, 2.24) is 14.8 Å². The van der Waals surface area contributed by atoms with Crippen molar-refractivity contribution in [3.05, 3.63) is 23.9 Å². The molecule has 0 bridgehead atoms. The highest BCUT2D eigenvalue weighted by Crippen LogP contribution is 2.21. The van der Waals surface area contributed by atoms with Gasteiger partial charge >= 0.3 is 6.09 Å². The van der Waals surface area contributed by atoms with Crippen molar-refractivity contribution >= 4 is 17.9 Å². The molecule has 1 unspecified atom stereocenters. The molecule has 0 saturated carbocycles. The van der Waals surface area contributed by atoms with Crippen LogP contribution in [0.15, 0.2) is 18.3 Å². The third kappa shape index (κ3) is 2.47. The molecule has 8 nitrogen and oxygen atoms in total. The number of methoxy groups -OCH3 is 1. The molecule has 2 saturated heterocycles. The van der Waals surface area contributed by atoms with Crippen molar-refractivity contribution in [3.8, 4) is 5.88 Å². The molecule has 2 fully saturated rings. The number of carbonyl (C=O) groups excluding carboxylic acids is 3. The Labute approximate surface area is 126 Å². The van der Waals surface area contributed by atoms with E-state index >= 15 is 0 Å². The Morgan fingerprint density at radius 3 is 2.82 bits per heavy atom. The number of imide groups is 1. The Bertz CT molecular complexity index is 599. The van der Waals surface area contributed by atoms with Gasteiger partial charge in [-0.3, -0.25) is 9.59 Å². The highest BCUT2D eigenvalue weighted by molar-refractivity contribution is 5.98. The van der Waals surface area contributed by atoms with Gasteiger partial charge < -0.3 is 14.4 Å². The molecule has 2 aliphatic rings. The van der Waals surface area contributed by atoms with E-state index in [0.717, 1.165) is 4.90 Å². The summed E-state index contributed by atoms with van der Waals surface area (Å²) < 4.78 is 9.66.